The number of aliphatic hydroxyl groups is 1. The van der Waals surface area contributed by atoms with E-state index < -0.39 is 6.04 Å². The number of hydrogen-bond acceptors (Lipinski definition) is 3. The van der Waals surface area contributed by atoms with Gasteiger partial charge in [-0.05, 0) is 24.7 Å². The SMILES string of the molecule is CC(C)(C)[C@H](N)C(=O)NCCCCCO. The van der Waals surface area contributed by atoms with E-state index in [0.717, 1.165) is 19.3 Å². The Labute approximate surface area is 92.2 Å². The minimum atomic E-state index is -0.463. The number of carbonyl (C=O) groups is 1. The van der Waals surface area contributed by atoms with Crippen LogP contribution in [-0.4, -0.2) is 30.2 Å². The third-order valence-electron chi connectivity index (χ3n) is 2.35. The second kappa shape index (κ2) is 6.80. The van der Waals surface area contributed by atoms with Crippen LogP contribution in [0.25, 0.3) is 0 Å². The van der Waals surface area contributed by atoms with E-state index in [9.17, 15) is 4.79 Å². The summed E-state index contributed by atoms with van der Waals surface area (Å²) < 4.78 is 0. The van der Waals surface area contributed by atoms with Crippen LogP contribution in [0.15, 0.2) is 0 Å². The monoisotopic (exact) mass is 216 g/mol. The number of hydrogen-bond donors (Lipinski definition) is 3. The second-order valence-corrected chi connectivity index (χ2v) is 4.92. The standard InChI is InChI=1S/C11H24N2O2/c1-11(2,3)9(12)10(15)13-7-5-4-6-8-14/h9,14H,4-8,12H2,1-3H3,(H,13,15)/t9-/m1/s1. The number of nitrogens with one attached hydrogen (secondary N) is 1. The molecule has 0 spiro atoms. The van der Waals surface area contributed by atoms with Crippen LogP contribution in [0.5, 0.6) is 0 Å². The lowest BCUT2D eigenvalue weighted by molar-refractivity contribution is -0.124. The molecule has 4 heteroatoms. The van der Waals surface area contributed by atoms with Crippen molar-refractivity contribution in [2.24, 2.45) is 11.1 Å². The first-order chi connectivity index (χ1) is 6.89. The van der Waals surface area contributed by atoms with E-state index in [1.165, 1.54) is 0 Å². The fourth-order valence-electron chi connectivity index (χ4n) is 1.13. The predicted octanol–water partition coefficient (Wildman–Crippen LogP) is 0.639. The van der Waals surface area contributed by atoms with Gasteiger partial charge in [0.15, 0.2) is 0 Å². The highest BCUT2D eigenvalue weighted by molar-refractivity contribution is 5.82. The maximum Gasteiger partial charge on any atom is 0.237 e. The van der Waals surface area contributed by atoms with E-state index >= 15 is 0 Å². The Morgan fingerprint density at radius 2 is 1.93 bits per heavy atom. The van der Waals surface area contributed by atoms with Crippen molar-refractivity contribution in [2.75, 3.05) is 13.2 Å². The van der Waals surface area contributed by atoms with Crippen molar-refractivity contribution in [2.45, 2.75) is 46.1 Å². The molecular formula is C11H24N2O2. The van der Waals surface area contributed by atoms with E-state index in [4.69, 9.17) is 10.8 Å². The zero-order valence-corrected chi connectivity index (χ0v) is 10.0. The molecule has 1 atom stereocenters. The van der Waals surface area contributed by atoms with Gasteiger partial charge in [0.05, 0.1) is 6.04 Å². The zero-order chi connectivity index (χ0) is 11.9. The van der Waals surface area contributed by atoms with Crippen LogP contribution in [0.4, 0.5) is 0 Å². The highest BCUT2D eigenvalue weighted by atomic mass is 16.2. The number of aliphatic hydroxyl groups excluding tert-OH is 1. The van der Waals surface area contributed by atoms with E-state index in [0.29, 0.717) is 6.54 Å². The minimum Gasteiger partial charge on any atom is -0.396 e. The van der Waals surface area contributed by atoms with Gasteiger partial charge in [-0.25, -0.2) is 0 Å². The van der Waals surface area contributed by atoms with Crippen molar-refractivity contribution < 1.29 is 9.90 Å². The molecule has 0 aromatic rings. The smallest absolute Gasteiger partial charge is 0.237 e. The lowest BCUT2D eigenvalue weighted by atomic mass is 9.87. The molecule has 1 amide bonds. The van der Waals surface area contributed by atoms with Crippen molar-refractivity contribution in [1.82, 2.24) is 5.32 Å². The summed E-state index contributed by atoms with van der Waals surface area (Å²) >= 11 is 0. The molecule has 15 heavy (non-hydrogen) atoms. The first-order valence-electron chi connectivity index (χ1n) is 5.53. The van der Waals surface area contributed by atoms with Crippen LogP contribution in [0.1, 0.15) is 40.0 Å². The lowest BCUT2D eigenvalue weighted by Crippen LogP contribution is -2.48. The van der Waals surface area contributed by atoms with Gasteiger partial charge in [0.25, 0.3) is 0 Å². The van der Waals surface area contributed by atoms with E-state index in [2.05, 4.69) is 5.32 Å². The van der Waals surface area contributed by atoms with Crippen molar-refractivity contribution >= 4 is 5.91 Å². The average molecular weight is 216 g/mol. The third-order valence-corrected chi connectivity index (χ3v) is 2.35. The second-order valence-electron chi connectivity index (χ2n) is 4.92. The van der Waals surface area contributed by atoms with Gasteiger partial charge in [0.2, 0.25) is 5.91 Å². The maximum atomic E-state index is 11.5. The average Bonchev–Trinajstić information content (AvgIpc) is 2.14. The topological polar surface area (TPSA) is 75.4 Å². The number of nitrogens with two attached hydrogens (primary N) is 1. The Bertz CT molecular complexity index is 188. The molecule has 0 aliphatic rings. The van der Waals surface area contributed by atoms with Gasteiger partial charge in [-0.1, -0.05) is 20.8 Å². The molecule has 90 valence electrons. The largest absolute Gasteiger partial charge is 0.396 e. The van der Waals surface area contributed by atoms with Crippen molar-refractivity contribution in [3.63, 3.8) is 0 Å². The summed E-state index contributed by atoms with van der Waals surface area (Å²) in [6.45, 7) is 6.70. The third kappa shape index (κ3) is 6.47. The van der Waals surface area contributed by atoms with Crippen LogP contribution in [0, 0.1) is 5.41 Å². The van der Waals surface area contributed by atoms with Crippen LogP contribution in [-0.2, 0) is 4.79 Å². The van der Waals surface area contributed by atoms with Gasteiger partial charge in [-0.15, -0.1) is 0 Å². The summed E-state index contributed by atoms with van der Waals surface area (Å²) in [5.41, 5.74) is 5.58. The summed E-state index contributed by atoms with van der Waals surface area (Å²) in [4.78, 5) is 11.5. The van der Waals surface area contributed by atoms with Crippen molar-refractivity contribution in [1.29, 1.82) is 0 Å². The molecule has 0 heterocycles. The van der Waals surface area contributed by atoms with Crippen LogP contribution >= 0.6 is 0 Å². The molecule has 0 aliphatic carbocycles. The van der Waals surface area contributed by atoms with Gasteiger partial charge in [-0.2, -0.15) is 0 Å². The Balaban J connectivity index is 3.66. The number of rotatable bonds is 6. The Morgan fingerprint density at radius 3 is 2.40 bits per heavy atom. The highest BCUT2D eigenvalue weighted by Gasteiger charge is 2.26. The summed E-state index contributed by atoms with van der Waals surface area (Å²) in [6, 6.07) is -0.463. The molecule has 0 aliphatic heterocycles. The molecule has 0 aromatic heterocycles. The zero-order valence-electron chi connectivity index (χ0n) is 10.0. The quantitative estimate of drug-likeness (QED) is 0.570. The molecule has 4 N–H and O–H groups in total. The summed E-state index contributed by atoms with van der Waals surface area (Å²) in [5.74, 6) is -0.0912. The van der Waals surface area contributed by atoms with Gasteiger partial charge in [0.1, 0.15) is 0 Å². The highest BCUT2D eigenvalue weighted by Crippen LogP contribution is 2.16. The number of amides is 1. The normalized spacial score (nSPS) is 13.7. The molecule has 0 saturated carbocycles. The van der Waals surface area contributed by atoms with Crippen LogP contribution in [0.3, 0.4) is 0 Å². The molecule has 0 rings (SSSR count). The maximum absolute atomic E-state index is 11.5. The van der Waals surface area contributed by atoms with Crippen molar-refractivity contribution in [3.05, 3.63) is 0 Å². The predicted molar refractivity (Wildman–Crippen MR) is 61.4 cm³/mol. The first-order valence-corrected chi connectivity index (χ1v) is 5.53. The van der Waals surface area contributed by atoms with Gasteiger partial charge in [0, 0.05) is 13.2 Å². The molecule has 0 aromatic carbocycles. The molecule has 0 bridgehead atoms. The Hall–Kier alpha value is -0.610. The fourth-order valence-corrected chi connectivity index (χ4v) is 1.13. The fraction of sp³-hybridized carbons (Fsp3) is 0.909. The van der Waals surface area contributed by atoms with Gasteiger partial charge in [-0.3, -0.25) is 4.79 Å². The first kappa shape index (κ1) is 14.4. The number of carbonyl (C=O) groups excluding carboxylic acids is 1. The molecule has 4 nitrogen and oxygen atoms in total. The van der Waals surface area contributed by atoms with Crippen LogP contribution < -0.4 is 11.1 Å². The van der Waals surface area contributed by atoms with Gasteiger partial charge >= 0.3 is 0 Å². The molecular weight excluding hydrogens is 192 g/mol. The molecule has 0 radical (unpaired) electrons. The van der Waals surface area contributed by atoms with E-state index in [1.807, 2.05) is 20.8 Å². The van der Waals surface area contributed by atoms with E-state index in [1.54, 1.807) is 0 Å². The molecule has 0 saturated heterocycles. The van der Waals surface area contributed by atoms with Crippen LogP contribution in [0.2, 0.25) is 0 Å². The lowest BCUT2D eigenvalue weighted by Gasteiger charge is -2.25. The van der Waals surface area contributed by atoms with Crippen molar-refractivity contribution in [3.8, 4) is 0 Å². The minimum absolute atomic E-state index is 0.0912. The Kier molecular flexibility index (Phi) is 6.52. The summed E-state index contributed by atoms with van der Waals surface area (Å²) in [6.07, 6.45) is 2.62. The van der Waals surface area contributed by atoms with Gasteiger partial charge < -0.3 is 16.2 Å². The molecule has 0 fully saturated rings. The number of unbranched alkanes of at least 4 members (excludes halogenated alkanes) is 2. The Morgan fingerprint density at radius 1 is 1.33 bits per heavy atom. The summed E-state index contributed by atoms with van der Waals surface area (Å²) in [5, 5.41) is 11.4. The summed E-state index contributed by atoms with van der Waals surface area (Å²) in [7, 11) is 0. The molecule has 0 unspecified atom stereocenters. The van der Waals surface area contributed by atoms with E-state index in [-0.39, 0.29) is 17.9 Å².